The average Bonchev–Trinajstić information content (AvgIpc) is 3.31. The Morgan fingerprint density at radius 3 is 2.76 bits per heavy atom. The molecule has 3 aromatic heterocycles. The van der Waals surface area contributed by atoms with Crippen molar-refractivity contribution in [3.05, 3.63) is 67.0 Å². The van der Waals surface area contributed by atoms with Gasteiger partial charge in [0, 0.05) is 0 Å². The first kappa shape index (κ1) is 15.3. The molecule has 0 aliphatic heterocycles. The van der Waals surface area contributed by atoms with Gasteiger partial charge >= 0.3 is 0 Å². The standard InChI is InChI=1S/C18H17N5O2/c1-18(24,15-8-5-9-25-15)11-19-16-14-10-22-23(17(14)21-12-20-16)13-6-3-2-4-7-13/h2-10,12,24H,11H2,1H3,(H,19,20,21). The average molecular weight is 335 g/mol. The molecular formula is C18H17N5O2. The lowest BCUT2D eigenvalue weighted by Crippen LogP contribution is -2.30. The molecule has 7 heteroatoms. The molecule has 0 saturated carbocycles. The van der Waals surface area contributed by atoms with Crippen molar-refractivity contribution in [1.82, 2.24) is 19.7 Å². The van der Waals surface area contributed by atoms with Crippen LogP contribution in [0.1, 0.15) is 12.7 Å². The highest BCUT2D eigenvalue weighted by Crippen LogP contribution is 2.25. The minimum atomic E-state index is -1.16. The summed E-state index contributed by atoms with van der Waals surface area (Å²) in [6, 6.07) is 13.3. The Bertz CT molecular complexity index is 977. The number of hydrogen-bond acceptors (Lipinski definition) is 6. The fourth-order valence-corrected chi connectivity index (χ4v) is 2.67. The summed E-state index contributed by atoms with van der Waals surface area (Å²) in [5, 5.41) is 18.9. The third-order valence-electron chi connectivity index (χ3n) is 4.02. The lowest BCUT2D eigenvalue weighted by Gasteiger charge is -2.21. The lowest BCUT2D eigenvalue weighted by molar-refractivity contribution is 0.0476. The van der Waals surface area contributed by atoms with Gasteiger partial charge < -0.3 is 14.8 Å². The molecule has 1 aromatic carbocycles. The van der Waals surface area contributed by atoms with Crippen molar-refractivity contribution < 1.29 is 9.52 Å². The molecule has 0 aliphatic carbocycles. The van der Waals surface area contributed by atoms with E-state index in [1.54, 1.807) is 29.9 Å². The molecule has 0 amide bonds. The molecule has 0 aliphatic rings. The second-order valence-corrected chi connectivity index (χ2v) is 5.96. The number of hydrogen-bond donors (Lipinski definition) is 2. The largest absolute Gasteiger partial charge is 0.466 e. The Kier molecular flexibility index (Phi) is 3.70. The summed E-state index contributed by atoms with van der Waals surface area (Å²) in [5.41, 5.74) is 0.460. The van der Waals surface area contributed by atoms with Gasteiger partial charge in [-0.1, -0.05) is 18.2 Å². The molecule has 0 spiro atoms. The smallest absolute Gasteiger partial charge is 0.168 e. The number of furan rings is 1. The predicted molar refractivity (Wildman–Crippen MR) is 93.4 cm³/mol. The normalized spacial score (nSPS) is 13.7. The van der Waals surface area contributed by atoms with Crippen LogP contribution in [0.2, 0.25) is 0 Å². The summed E-state index contributed by atoms with van der Waals surface area (Å²) < 4.78 is 7.05. The minimum Gasteiger partial charge on any atom is -0.466 e. The van der Waals surface area contributed by atoms with Crippen molar-refractivity contribution in [2.45, 2.75) is 12.5 Å². The first-order chi connectivity index (χ1) is 12.1. The van der Waals surface area contributed by atoms with Crippen LogP contribution in [0.15, 0.2) is 65.7 Å². The van der Waals surface area contributed by atoms with Gasteiger partial charge in [-0.15, -0.1) is 0 Å². The SMILES string of the molecule is CC(O)(CNc1ncnc2c1cnn2-c1ccccc1)c1ccco1. The number of nitrogens with zero attached hydrogens (tertiary/aromatic N) is 4. The van der Waals surface area contributed by atoms with E-state index in [4.69, 9.17) is 4.42 Å². The van der Waals surface area contributed by atoms with Crippen molar-refractivity contribution in [2.75, 3.05) is 11.9 Å². The molecule has 0 bridgehead atoms. The maximum atomic E-state index is 10.6. The highest BCUT2D eigenvalue weighted by Gasteiger charge is 2.26. The van der Waals surface area contributed by atoms with Crippen LogP contribution in [0.25, 0.3) is 16.7 Å². The van der Waals surface area contributed by atoms with Gasteiger partial charge in [0.2, 0.25) is 0 Å². The fraction of sp³-hybridized carbons (Fsp3) is 0.167. The zero-order valence-electron chi connectivity index (χ0n) is 13.6. The van der Waals surface area contributed by atoms with Gasteiger partial charge in [0.25, 0.3) is 0 Å². The number of aromatic nitrogens is 4. The van der Waals surface area contributed by atoms with Gasteiger partial charge in [-0.2, -0.15) is 5.10 Å². The third kappa shape index (κ3) is 2.85. The summed E-state index contributed by atoms with van der Waals surface area (Å²) in [7, 11) is 0. The molecule has 25 heavy (non-hydrogen) atoms. The topological polar surface area (TPSA) is 89.0 Å². The molecule has 0 fully saturated rings. The van der Waals surface area contributed by atoms with Gasteiger partial charge in [0.1, 0.15) is 23.5 Å². The van der Waals surface area contributed by atoms with Crippen LogP contribution in [0.4, 0.5) is 5.82 Å². The van der Waals surface area contributed by atoms with E-state index in [0.29, 0.717) is 17.2 Å². The molecule has 4 aromatic rings. The highest BCUT2D eigenvalue weighted by atomic mass is 16.4. The quantitative estimate of drug-likeness (QED) is 0.583. The van der Waals surface area contributed by atoms with E-state index >= 15 is 0 Å². The molecule has 2 N–H and O–H groups in total. The summed E-state index contributed by atoms with van der Waals surface area (Å²) in [4.78, 5) is 8.62. The van der Waals surface area contributed by atoms with Crippen LogP contribution in [0, 0.1) is 0 Å². The van der Waals surface area contributed by atoms with Gasteiger partial charge in [-0.05, 0) is 31.2 Å². The van der Waals surface area contributed by atoms with Crippen LogP contribution in [0.5, 0.6) is 0 Å². The monoisotopic (exact) mass is 335 g/mol. The molecular weight excluding hydrogens is 318 g/mol. The molecule has 3 heterocycles. The van der Waals surface area contributed by atoms with Crippen LogP contribution in [-0.4, -0.2) is 31.4 Å². The molecule has 4 rings (SSSR count). The molecule has 126 valence electrons. The van der Waals surface area contributed by atoms with Crippen molar-refractivity contribution >= 4 is 16.9 Å². The first-order valence-corrected chi connectivity index (χ1v) is 7.89. The van der Waals surface area contributed by atoms with E-state index in [9.17, 15) is 5.11 Å². The molecule has 1 atom stereocenters. The number of anilines is 1. The molecule has 0 radical (unpaired) electrons. The number of aliphatic hydroxyl groups is 1. The van der Waals surface area contributed by atoms with Gasteiger partial charge in [-0.3, -0.25) is 0 Å². The summed E-state index contributed by atoms with van der Waals surface area (Å²) in [6.45, 7) is 1.92. The van der Waals surface area contributed by atoms with E-state index < -0.39 is 5.60 Å². The first-order valence-electron chi connectivity index (χ1n) is 7.89. The maximum Gasteiger partial charge on any atom is 0.168 e. The Hall–Kier alpha value is -3.19. The number of fused-ring (bicyclic) bond motifs is 1. The van der Waals surface area contributed by atoms with Gasteiger partial charge in [0.15, 0.2) is 5.65 Å². The van der Waals surface area contributed by atoms with E-state index in [-0.39, 0.29) is 6.54 Å². The fourth-order valence-electron chi connectivity index (χ4n) is 2.67. The highest BCUT2D eigenvalue weighted by molar-refractivity contribution is 5.87. The van der Waals surface area contributed by atoms with Gasteiger partial charge in [-0.25, -0.2) is 14.6 Å². The predicted octanol–water partition coefficient (Wildman–Crippen LogP) is 2.73. The van der Waals surface area contributed by atoms with E-state index in [2.05, 4.69) is 20.4 Å². The van der Waals surface area contributed by atoms with Crippen molar-refractivity contribution in [3.63, 3.8) is 0 Å². The minimum absolute atomic E-state index is 0.239. The lowest BCUT2D eigenvalue weighted by atomic mass is 10.0. The zero-order chi connectivity index (χ0) is 17.3. The van der Waals surface area contributed by atoms with E-state index in [0.717, 1.165) is 11.1 Å². The Morgan fingerprint density at radius 1 is 1.16 bits per heavy atom. The van der Waals surface area contributed by atoms with Crippen LogP contribution in [-0.2, 0) is 5.60 Å². The van der Waals surface area contributed by atoms with Crippen molar-refractivity contribution in [3.8, 4) is 5.69 Å². The van der Waals surface area contributed by atoms with E-state index in [1.165, 1.54) is 12.6 Å². The van der Waals surface area contributed by atoms with Crippen molar-refractivity contribution in [1.29, 1.82) is 0 Å². The molecule has 0 saturated heterocycles. The van der Waals surface area contributed by atoms with Crippen LogP contribution in [0.3, 0.4) is 0 Å². The molecule has 1 unspecified atom stereocenters. The second-order valence-electron chi connectivity index (χ2n) is 5.96. The van der Waals surface area contributed by atoms with E-state index in [1.807, 2.05) is 30.3 Å². The Labute approximate surface area is 144 Å². The zero-order valence-corrected chi connectivity index (χ0v) is 13.6. The molecule has 7 nitrogen and oxygen atoms in total. The number of benzene rings is 1. The number of rotatable bonds is 5. The second kappa shape index (κ2) is 6.03. The van der Waals surface area contributed by atoms with Gasteiger partial charge in [0.05, 0.1) is 30.1 Å². The van der Waals surface area contributed by atoms with Crippen LogP contribution >= 0.6 is 0 Å². The summed E-state index contributed by atoms with van der Waals surface area (Å²) in [5.74, 6) is 1.10. The summed E-state index contributed by atoms with van der Waals surface area (Å²) in [6.07, 6.45) is 4.73. The Morgan fingerprint density at radius 2 is 2.00 bits per heavy atom. The Balaban J connectivity index is 1.64. The van der Waals surface area contributed by atoms with Crippen molar-refractivity contribution in [2.24, 2.45) is 0 Å². The summed E-state index contributed by atoms with van der Waals surface area (Å²) >= 11 is 0. The number of para-hydroxylation sites is 1. The number of nitrogens with one attached hydrogen (secondary N) is 1. The maximum absolute atomic E-state index is 10.6. The third-order valence-corrected chi connectivity index (χ3v) is 4.02. The van der Waals surface area contributed by atoms with Crippen LogP contribution < -0.4 is 5.32 Å².